The molecule has 0 spiro atoms. The molecule has 1 aliphatic heterocycles. The topological polar surface area (TPSA) is 84.6 Å². The number of fused-ring (bicyclic) bond motifs is 1. The summed E-state index contributed by atoms with van der Waals surface area (Å²) in [5.41, 5.74) is 2.71. The molecule has 0 radical (unpaired) electrons. The van der Waals surface area contributed by atoms with Gasteiger partial charge >= 0.3 is 0 Å². The van der Waals surface area contributed by atoms with Crippen molar-refractivity contribution in [3.05, 3.63) is 63.8 Å². The molecule has 3 heterocycles. The molecule has 34 heavy (non-hydrogen) atoms. The number of aromatic nitrogens is 3. The van der Waals surface area contributed by atoms with E-state index in [0.29, 0.717) is 41.7 Å². The van der Waals surface area contributed by atoms with Gasteiger partial charge in [-0.15, -0.1) is 0 Å². The summed E-state index contributed by atoms with van der Waals surface area (Å²) >= 11 is 0. The van der Waals surface area contributed by atoms with Crippen molar-refractivity contribution in [3.63, 3.8) is 0 Å². The Bertz CT molecular complexity index is 1160. The second-order valence-corrected chi connectivity index (χ2v) is 8.34. The molecule has 0 bridgehead atoms. The van der Waals surface area contributed by atoms with Crippen molar-refractivity contribution in [2.75, 3.05) is 33.8 Å². The third kappa shape index (κ3) is 6.68. The van der Waals surface area contributed by atoms with Gasteiger partial charge in [0.05, 0.1) is 13.3 Å². The zero-order chi connectivity index (χ0) is 24.5. The summed E-state index contributed by atoms with van der Waals surface area (Å²) in [5, 5.41) is 3.54. The summed E-state index contributed by atoms with van der Waals surface area (Å²) in [7, 11) is 3.19. The van der Waals surface area contributed by atoms with E-state index in [9.17, 15) is 9.18 Å². The minimum absolute atomic E-state index is 0.153. The third-order valence-corrected chi connectivity index (χ3v) is 5.93. The highest BCUT2D eigenvalue weighted by Gasteiger charge is 2.19. The third-order valence-electron chi connectivity index (χ3n) is 5.93. The number of pyridine rings is 1. The fourth-order valence-electron chi connectivity index (χ4n) is 3.96. The first-order valence-electron chi connectivity index (χ1n) is 11.4. The van der Waals surface area contributed by atoms with Crippen LogP contribution in [0.2, 0.25) is 0 Å². The summed E-state index contributed by atoms with van der Waals surface area (Å²) in [4.78, 5) is 26.6. The van der Waals surface area contributed by atoms with Crippen LogP contribution in [-0.2, 0) is 13.1 Å². The fraction of sp³-hybridized carbons (Fsp3) is 0.440. The van der Waals surface area contributed by atoms with Crippen molar-refractivity contribution >= 4 is 17.9 Å². The lowest BCUT2D eigenvalue weighted by Crippen LogP contribution is -2.43. The Kier molecular flexibility index (Phi) is 9.24. The quantitative estimate of drug-likeness (QED) is 0.537. The summed E-state index contributed by atoms with van der Waals surface area (Å²) in [5.74, 6) is 0.314. The van der Waals surface area contributed by atoms with E-state index in [2.05, 4.69) is 31.9 Å². The van der Waals surface area contributed by atoms with E-state index in [1.54, 1.807) is 37.8 Å². The highest BCUT2D eigenvalue weighted by molar-refractivity contribution is 5.70. The van der Waals surface area contributed by atoms with Crippen LogP contribution in [-0.4, -0.2) is 66.0 Å². The first kappa shape index (κ1) is 25.5. The maximum atomic E-state index is 13.7. The van der Waals surface area contributed by atoms with E-state index in [1.165, 1.54) is 6.20 Å². The van der Waals surface area contributed by atoms with Gasteiger partial charge in [-0.3, -0.25) is 9.36 Å². The second kappa shape index (κ2) is 12.3. The molecule has 0 atom stereocenters. The number of piperidine rings is 1. The summed E-state index contributed by atoms with van der Waals surface area (Å²) in [6, 6.07) is 9.37. The van der Waals surface area contributed by atoms with Crippen molar-refractivity contribution in [2.24, 2.45) is 4.99 Å². The van der Waals surface area contributed by atoms with Crippen LogP contribution in [0.1, 0.15) is 24.0 Å². The van der Waals surface area contributed by atoms with Crippen LogP contribution in [0.4, 0.5) is 4.39 Å². The first-order valence-corrected chi connectivity index (χ1v) is 11.4. The van der Waals surface area contributed by atoms with Gasteiger partial charge in [-0.25, -0.2) is 9.37 Å². The zero-order valence-electron chi connectivity index (χ0n) is 20.1. The summed E-state index contributed by atoms with van der Waals surface area (Å²) in [6.07, 6.45) is 3.39. The van der Waals surface area contributed by atoms with E-state index in [-0.39, 0.29) is 11.4 Å². The lowest BCUT2D eigenvalue weighted by molar-refractivity contribution is 0.191. The molecule has 1 N–H and O–H groups in total. The number of aliphatic imine (C=N–C) groups is 1. The van der Waals surface area contributed by atoms with E-state index >= 15 is 0 Å². The number of methoxy groups -OCH3 is 1. The minimum Gasteiger partial charge on any atom is -0.481 e. The van der Waals surface area contributed by atoms with Crippen molar-refractivity contribution in [2.45, 2.75) is 38.9 Å². The van der Waals surface area contributed by atoms with Gasteiger partial charge in [0.2, 0.25) is 5.88 Å². The molecule has 1 saturated heterocycles. The molecule has 4 rings (SSSR count). The molecular formula is C25H33FN6O2. The number of hydrogen-bond acceptors (Lipinski definition) is 7. The van der Waals surface area contributed by atoms with Crippen LogP contribution < -0.4 is 15.6 Å². The van der Waals surface area contributed by atoms with E-state index < -0.39 is 0 Å². The van der Waals surface area contributed by atoms with Gasteiger partial charge in [0.15, 0.2) is 5.65 Å². The number of nitrogens with one attached hydrogen (secondary N) is 1. The van der Waals surface area contributed by atoms with Gasteiger partial charge in [-0.2, -0.15) is 4.98 Å². The van der Waals surface area contributed by atoms with Gasteiger partial charge in [0.25, 0.3) is 5.56 Å². The predicted molar refractivity (Wildman–Crippen MR) is 133 cm³/mol. The molecule has 0 saturated carbocycles. The van der Waals surface area contributed by atoms with Gasteiger partial charge in [0, 0.05) is 38.8 Å². The molecule has 8 nitrogen and oxygen atoms in total. The van der Waals surface area contributed by atoms with Crippen LogP contribution in [0.25, 0.3) is 11.2 Å². The van der Waals surface area contributed by atoms with E-state index in [4.69, 9.17) is 4.74 Å². The zero-order valence-corrected chi connectivity index (χ0v) is 20.1. The number of nitrogens with zero attached hydrogens (tertiary/aromatic N) is 5. The number of halogens is 1. The molecule has 182 valence electrons. The van der Waals surface area contributed by atoms with Crippen LogP contribution in [0.3, 0.4) is 0 Å². The van der Waals surface area contributed by atoms with E-state index in [0.717, 1.165) is 38.0 Å². The molecule has 0 aliphatic carbocycles. The molecule has 1 aliphatic rings. The maximum absolute atomic E-state index is 13.7. The summed E-state index contributed by atoms with van der Waals surface area (Å²) < 4.78 is 20.6. The largest absolute Gasteiger partial charge is 0.481 e. The smallest absolute Gasteiger partial charge is 0.270 e. The maximum Gasteiger partial charge on any atom is 0.270 e. The Hall–Kier alpha value is -3.17. The van der Waals surface area contributed by atoms with Crippen molar-refractivity contribution in [1.29, 1.82) is 0 Å². The number of likely N-dealkylation sites (tertiary alicyclic amines) is 1. The highest BCUT2D eigenvalue weighted by atomic mass is 19.1. The average molecular weight is 469 g/mol. The molecule has 0 unspecified atom stereocenters. The van der Waals surface area contributed by atoms with E-state index in [1.807, 2.05) is 18.2 Å². The van der Waals surface area contributed by atoms with Gasteiger partial charge in [-0.1, -0.05) is 12.1 Å². The normalized spacial score (nSPS) is 14.5. The van der Waals surface area contributed by atoms with Crippen LogP contribution in [0.15, 0.2) is 46.3 Å². The molecule has 3 aromatic rings. The van der Waals surface area contributed by atoms with Gasteiger partial charge in [0.1, 0.15) is 11.3 Å². The monoisotopic (exact) mass is 468 g/mol. The van der Waals surface area contributed by atoms with Crippen LogP contribution in [0.5, 0.6) is 5.88 Å². The number of aryl methyl sites for hydroxylation is 1. The predicted octanol–water partition coefficient (Wildman–Crippen LogP) is 2.82. The number of hydrogen-bond donors (Lipinski definition) is 1. The standard InChI is InChI=1S/C23H28FN5O2.C2H5N/c1-16-3-4-17(13-19(16)24)14-25-18-7-9-28(10-8-18)11-12-29-22(30)15-26-20-5-6-21(31-2)27-23(20)29;1-3-2/h3-6,13,15,18,25H,7-12,14H2,1-2H3;1H2,2H3. The van der Waals surface area contributed by atoms with Crippen molar-refractivity contribution in [3.8, 4) is 5.88 Å². The van der Waals surface area contributed by atoms with Crippen molar-refractivity contribution < 1.29 is 9.13 Å². The van der Waals surface area contributed by atoms with Crippen LogP contribution in [0, 0.1) is 12.7 Å². The Balaban J connectivity index is 0.00000103. The Morgan fingerprint density at radius 3 is 2.65 bits per heavy atom. The van der Waals surface area contributed by atoms with Crippen molar-refractivity contribution in [1.82, 2.24) is 24.8 Å². The Labute approximate surface area is 199 Å². The number of benzene rings is 1. The molecule has 1 fully saturated rings. The molecule has 0 amide bonds. The minimum atomic E-state index is -0.157. The Morgan fingerprint density at radius 1 is 1.24 bits per heavy atom. The molecule has 2 aromatic heterocycles. The van der Waals surface area contributed by atoms with Gasteiger partial charge < -0.3 is 19.9 Å². The average Bonchev–Trinajstić information content (AvgIpc) is 2.85. The SMILES string of the molecule is C=NC.COc1ccc2ncc(=O)n(CCN3CCC(NCc4ccc(C)c(F)c4)CC3)c2n1. The second-order valence-electron chi connectivity index (χ2n) is 8.34. The highest BCUT2D eigenvalue weighted by Crippen LogP contribution is 2.15. The summed E-state index contributed by atoms with van der Waals surface area (Å²) in [6.45, 7) is 8.79. The lowest BCUT2D eigenvalue weighted by atomic mass is 10.0. The Morgan fingerprint density at radius 2 is 1.97 bits per heavy atom. The number of rotatable bonds is 7. The lowest BCUT2D eigenvalue weighted by Gasteiger charge is -2.32. The number of ether oxygens (including phenoxy) is 1. The van der Waals surface area contributed by atoms with Crippen LogP contribution >= 0.6 is 0 Å². The first-order chi connectivity index (χ1) is 16.4. The molecule has 9 heteroatoms. The van der Waals surface area contributed by atoms with Gasteiger partial charge in [-0.05, 0) is 62.8 Å². The fourth-order valence-corrected chi connectivity index (χ4v) is 3.96. The molecule has 1 aromatic carbocycles. The molecular weight excluding hydrogens is 435 g/mol.